The monoisotopic (exact) mass is 356 g/mol. The normalized spacial score (nSPS) is 23.3. The Labute approximate surface area is 118 Å². The van der Waals surface area contributed by atoms with E-state index in [4.69, 9.17) is 16.3 Å². The van der Waals surface area contributed by atoms with Crippen molar-refractivity contribution in [2.75, 3.05) is 12.9 Å². The first kappa shape index (κ1) is 14.1. The molecule has 0 radical (unpaired) electrons. The van der Waals surface area contributed by atoms with Crippen LogP contribution in [0.5, 0.6) is 5.75 Å². The number of rotatable bonds is 2. The number of alkyl halides is 2. The predicted octanol–water partition coefficient (Wildman–Crippen LogP) is 3.18. The summed E-state index contributed by atoms with van der Waals surface area (Å²) in [4.78, 5) is 0. The molecule has 0 aliphatic carbocycles. The van der Waals surface area contributed by atoms with Gasteiger partial charge < -0.3 is 4.74 Å². The van der Waals surface area contributed by atoms with E-state index < -0.39 is 14.8 Å². The van der Waals surface area contributed by atoms with Crippen LogP contribution in [0.1, 0.15) is 17.5 Å². The maximum atomic E-state index is 14.8. The Bertz CT molecular complexity index is 590. The van der Waals surface area contributed by atoms with E-state index >= 15 is 0 Å². The van der Waals surface area contributed by atoms with Crippen molar-refractivity contribution >= 4 is 37.4 Å². The van der Waals surface area contributed by atoms with Crippen LogP contribution in [-0.2, 0) is 20.2 Å². The lowest BCUT2D eigenvalue weighted by Crippen LogP contribution is -2.36. The summed E-state index contributed by atoms with van der Waals surface area (Å²) in [5.74, 6) is 0.198. The summed E-state index contributed by atoms with van der Waals surface area (Å²) >= 11 is 9.21. The second-order valence-corrected chi connectivity index (χ2v) is 7.33. The SMILES string of the molecule is CS(=O)(=O)C1(F)CCOc2cc(Cl)c(CBr)cc21. The van der Waals surface area contributed by atoms with Crippen LogP contribution in [0.15, 0.2) is 12.1 Å². The molecule has 0 bridgehead atoms. The van der Waals surface area contributed by atoms with E-state index in [0.717, 1.165) is 6.26 Å². The second-order valence-electron chi connectivity index (χ2n) is 4.17. The van der Waals surface area contributed by atoms with Crippen LogP contribution in [0.3, 0.4) is 0 Å². The van der Waals surface area contributed by atoms with Crippen LogP contribution in [0.25, 0.3) is 0 Å². The standard InChI is InChI=1S/C11H11BrClFO3S/c1-18(15,16)11(14)2-3-17-10-5-9(13)7(6-12)4-8(10)11/h4-5H,2-3,6H2,1H3. The Morgan fingerprint density at radius 3 is 2.78 bits per heavy atom. The maximum Gasteiger partial charge on any atom is 0.242 e. The van der Waals surface area contributed by atoms with Crippen molar-refractivity contribution < 1.29 is 17.5 Å². The molecule has 1 aliphatic rings. The number of sulfone groups is 1. The van der Waals surface area contributed by atoms with Gasteiger partial charge in [-0.2, -0.15) is 0 Å². The van der Waals surface area contributed by atoms with Gasteiger partial charge in [0.25, 0.3) is 0 Å². The molecule has 0 saturated heterocycles. The van der Waals surface area contributed by atoms with Crippen LogP contribution < -0.4 is 4.74 Å². The van der Waals surface area contributed by atoms with Crippen LogP contribution in [-0.4, -0.2) is 21.3 Å². The zero-order valence-electron chi connectivity index (χ0n) is 9.54. The van der Waals surface area contributed by atoms with Crippen molar-refractivity contribution in [3.05, 3.63) is 28.3 Å². The highest BCUT2D eigenvalue weighted by Crippen LogP contribution is 2.45. The van der Waals surface area contributed by atoms with Crippen molar-refractivity contribution in [1.82, 2.24) is 0 Å². The third kappa shape index (κ3) is 2.14. The average molecular weight is 358 g/mol. The molecule has 0 amide bonds. The molecule has 7 heteroatoms. The van der Waals surface area contributed by atoms with Crippen molar-refractivity contribution in [3.63, 3.8) is 0 Å². The highest BCUT2D eigenvalue weighted by atomic mass is 79.9. The zero-order valence-corrected chi connectivity index (χ0v) is 12.7. The van der Waals surface area contributed by atoms with Gasteiger partial charge in [-0.15, -0.1) is 0 Å². The van der Waals surface area contributed by atoms with Gasteiger partial charge in [0.05, 0.1) is 6.61 Å². The zero-order chi connectivity index (χ0) is 13.6. The van der Waals surface area contributed by atoms with Gasteiger partial charge in [-0.05, 0) is 17.7 Å². The molecule has 2 rings (SSSR count). The van der Waals surface area contributed by atoms with Gasteiger partial charge in [-0.3, -0.25) is 0 Å². The van der Waals surface area contributed by atoms with Gasteiger partial charge in [-0.25, -0.2) is 12.8 Å². The topological polar surface area (TPSA) is 43.4 Å². The highest BCUT2D eigenvalue weighted by molar-refractivity contribution is 9.08. The minimum Gasteiger partial charge on any atom is -0.493 e. The van der Waals surface area contributed by atoms with Crippen molar-refractivity contribution in [2.24, 2.45) is 0 Å². The van der Waals surface area contributed by atoms with Gasteiger partial charge in [0, 0.05) is 28.6 Å². The fourth-order valence-electron chi connectivity index (χ4n) is 1.93. The third-order valence-electron chi connectivity index (χ3n) is 2.96. The van der Waals surface area contributed by atoms with Gasteiger partial charge in [0.2, 0.25) is 5.00 Å². The van der Waals surface area contributed by atoms with Crippen LogP contribution in [0.4, 0.5) is 4.39 Å². The van der Waals surface area contributed by atoms with Gasteiger partial charge in [0.15, 0.2) is 9.84 Å². The number of benzene rings is 1. The van der Waals surface area contributed by atoms with E-state index in [1.165, 1.54) is 12.1 Å². The molecular formula is C11H11BrClFO3S. The van der Waals surface area contributed by atoms with Gasteiger partial charge >= 0.3 is 0 Å². The molecule has 3 nitrogen and oxygen atoms in total. The molecule has 0 saturated carbocycles. The lowest BCUT2D eigenvalue weighted by molar-refractivity contribution is 0.163. The summed E-state index contributed by atoms with van der Waals surface area (Å²) in [7, 11) is -3.88. The summed E-state index contributed by atoms with van der Waals surface area (Å²) in [5, 5.41) is -1.57. The largest absolute Gasteiger partial charge is 0.493 e. The molecule has 1 aromatic carbocycles. The number of hydrogen-bond donors (Lipinski definition) is 0. The van der Waals surface area contributed by atoms with E-state index in [0.29, 0.717) is 15.9 Å². The van der Waals surface area contributed by atoms with Crippen LogP contribution in [0, 0.1) is 0 Å². The molecule has 1 heterocycles. The summed E-state index contributed by atoms with van der Waals surface area (Å²) < 4.78 is 43.4. The smallest absolute Gasteiger partial charge is 0.242 e. The summed E-state index contributed by atoms with van der Waals surface area (Å²) in [5.41, 5.74) is 0.668. The minimum atomic E-state index is -3.88. The highest BCUT2D eigenvalue weighted by Gasteiger charge is 2.47. The minimum absolute atomic E-state index is 0.0144. The maximum absolute atomic E-state index is 14.8. The van der Waals surface area contributed by atoms with Gasteiger partial charge in [-0.1, -0.05) is 27.5 Å². The Kier molecular flexibility index (Phi) is 3.64. The van der Waals surface area contributed by atoms with E-state index in [1.807, 2.05) is 0 Å². The molecule has 18 heavy (non-hydrogen) atoms. The van der Waals surface area contributed by atoms with Crippen molar-refractivity contribution in [2.45, 2.75) is 16.8 Å². The van der Waals surface area contributed by atoms with E-state index in [1.54, 1.807) is 0 Å². The van der Waals surface area contributed by atoms with E-state index in [2.05, 4.69) is 15.9 Å². The molecule has 1 unspecified atom stereocenters. The Morgan fingerprint density at radius 2 is 2.22 bits per heavy atom. The first-order valence-corrected chi connectivity index (χ1v) is 8.59. The second kappa shape index (κ2) is 4.65. The molecule has 0 spiro atoms. The molecule has 1 aromatic rings. The van der Waals surface area contributed by atoms with Gasteiger partial charge in [0.1, 0.15) is 5.75 Å². The molecule has 100 valence electrons. The summed E-state index contributed by atoms with van der Waals surface area (Å²) in [6.45, 7) is 0.0144. The number of halogens is 3. The Hall–Kier alpha value is -0.330. The fraction of sp³-hybridized carbons (Fsp3) is 0.455. The third-order valence-corrected chi connectivity index (χ3v) is 5.52. The molecule has 0 N–H and O–H groups in total. The lowest BCUT2D eigenvalue weighted by atomic mass is 10.0. The first-order valence-electron chi connectivity index (χ1n) is 5.20. The Morgan fingerprint density at radius 1 is 1.56 bits per heavy atom. The van der Waals surface area contributed by atoms with E-state index in [-0.39, 0.29) is 24.3 Å². The Balaban J connectivity index is 2.70. The van der Waals surface area contributed by atoms with Crippen LogP contribution in [0.2, 0.25) is 5.02 Å². The number of hydrogen-bond acceptors (Lipinski definition) is 3. The number of fused-ring (bicyclic) bond motifs is 1. The van der Waals surface area contributed by atoms with E-state index in [9.17, 15) is 12.8 Å². The molecule has 1 atom stereocenters. The fourth-order valence-corrected chi connectivity index (χ4v) is 3.78. The summed E-state index contributed by atoms with van der Waals surface area (Å²) in [6.07, 6.45) is 0.687. The molecule has 1 aliphatic heterocycles. The lowest BCUT2D eigenvalue weighted by Gasteiger charge is -2.31. The van der Waals surface area contributed by atoms with Crippen molar-refractivity contribution in [3.8, 4) is 5.75 Å². The predicted molar refractivity (Wildman–Crippen MR) is 71.8 cm³/mol. The number of ether oxygens (including phenoxy) is 1. The molecule has 0 fully saturated rings. The molecular weight excluding hydrogens is 347 g/mol. The first-order chi connectivity index (χ1) is 8.29. The summed E-state index contributed by atoms with van der Waals surface area (Å²) in [6, 6.07) is 2.92. The van der Waals surface area contributed by atoms with Crippen LogP contribution >= 0.6 is 27.5 Å². The average Bonchev–Trinajstić information content (AvgIpc) is 2.27. The molecule has 0 aromatic heterocycles. The quantitative estimate of drug-likeness (QED) is 0.764. The van der Waals surface area contributed by atoms with Crippen molar-refractivity contribution in [1.29, 1.82) is 0 Å².